The van der Waals surface area contributed by atoms with Gasteiger partial charge in [-0.05, 0) is 36.0 Å². The monoisotopic (exact) mass is 499 g/mol. The van der Waals surface area contributed by atoms with Gasteiger partial charge in [-0.25, -0.2) is 4.98 Å². The number of carbonyl (C=O) groups is 1. The predicted molar refractivity (Wildman–Crippen MR) is 132 cm³/mol. The van der Waals surface area contributed by atoms with E-state index in [1.165, 1.54) is 36.9 Å². The number of benzene rings is 1. The summed E-state index contributed by atoms with van der Waals surface area (Å²) in [5.41, 5.74) is 1.18. The van der Waals surface area contributed by atoms with Crippen molar-refractivity contribution in [3.05, 3.63) is 87.7 Å². The highest BCUT2D eigenvalue weighted by Crippen LogP contribution is 2.39. The van der Waals surface area contributed by atoms with Gasteiger partial charge in [0.15, 0.2) is 5.69 Å². The lowest BCUT2D eigenvalue weighted by molar-refractivity contribution is 0.101. The topological polar surface area (TPSA) is 152 Å². The highest BCUT2D eigenvalue weighted by Gasteiger charge is 2.32. The van der Waals surface area contributed by atoms with Crippen LogP contribution in [0.1, 0.15) is 64.6 Å². The maximum Gasteiger partial charge on any atom is 0.296 e. The number of nitrogens with zero attached hydrogens (tertiary/aromatic N) is 6. The van der Waals surface area contributed by atoms with Gasteiger partial charge in [0.1, 0.15) is 17.8 Å². The Morgan fingerprint density at radius 1 is 1.32 bits per heavy atom. The Balaban J connectivity index is 1.60. The normalized spacial score (nSPS) is 14.6. The van der Waals surface area contributed by atoms with Crippen LogP contribution >= 0.6 is 0 Å². The number of amides is 1. The molecule has 1 fully saturated rings. The molecule has 3 aromatic heterocycles. The number of aromatic hydroxyl groups is 1. The van der Waals surface area contributed by atoms with Crippen LogP contribution in [0.2, 0.25) is 0 Å². The lowest BCUT2D eigenvalue weighted by atomic mass is 9.80. The smallest absolute Gasteiger partial charge is 0.296 e. The number of hydrogen-bond acceptors (Lipinski definition) is 8. The molecule has 1 saturated carbocycles. The van der Waals surface area contributed by atoms with Gasteiger partial charge < -0.3 is 14.9 Å². The van der Waals surface area contributed by atoms with Crippen LogP contribution in [-0.2, 0) is 13.6 Å². The first-order valence-corrected chi connectivity index (χ1v) is 11.9. The van der Waals surface area contributed by atoms with Gasteiger partial charge in [-0.2, -0.15) is 10.4 Å². The molecule has 4 aromatic rings. The number of aromatic nitrogens is 5. The Bertz CT molecular complexity index is 1540. The Labute approximate surface area is 212 Å². The van der Waals surface area contributed by atoms with Crippen LogP contribution in [0.3, 0.4) is 0 Å². The number of hydrogen-bond donors (Lipinski definition) is 2. The Hall–Kier alpha value is -4.72. The van der Waals surface area contributed by atoms with Crippen molar-refractivity contribution in [2.45, 2.75) is 38.1 Å². The molecule has 1 aliphatic rings. The summed E-state index contributed by atoms with van der Waals surface area (Å²) < 4.78 is 7.85. The van der Waals surface area contributed by atoms with Crippen molar-refractivity contribution in [2.75, 3.05) is 5.32 Å². The van der Waals surface area contributed by atoms with Gasteiger partial charge in [-0.3, -0.25) is 18.8 Å². The molecule has 37 heavy (non-hydrogen) atoms. The largest absolute Gasteiger partial charge is 0.501 e. The molecular formula is C26H25N7O4. The van der Waals surface area contributed by atoms with Crippen LogP contribution in [0.25, 0.3) is 0 Å². The van der Waals surface area contributed by atoms with Crippen LogP contribution in [-0.4, -0.2) is 35.5 Å². The van der Waals surface area contributed by atoms with Gasteiger partial charge in [0, 0.05) is 31.6 Å². The molecule has 1 aliphatic carbocycles. The summed E-state index contributed by atoms with van der Waals surface area (Å²) in [6.45, 7) is 2.70. The molecule has 11 heteroatoms. The summed E-state index contributed by atoms with van der Waals surface area (Å²) in [5.74, 6) is -1.53. The molecule has 0 radical (unpaired) electrons. The van der Waals surface area contributed by atoms with Crippen LogP contribution < -0.4 is 10.9 Å². The lowest BCUT2D eigenvalue weighted by Gasteiger charge is -2.26. The summed E-state index contributed by atoms with van der Waals surface area (Å²) in [4.78, 5) is 30.3. The van der Waals surface area contributed by atoms with E-state index in [9.17, 15) is 20.0 Å². The SMILES string of the molecule is C[C@@H](c1nc(C(=O)Nc2cnoc2)c(O)c(=O)n1C)[C@H](c1cnn(CC2CC2)c1)c1ccccc1C#N. The molecule has 3 heterocycles. The van der Waals surface area contributed by atoms with Crippen LogP contribution in [0, 0.1) is 17.2 Å². The minimum absolute atomic E-state index is 0.255. The van der Waals surface area contributed by atoms with Crippen molar-refractivity contribution in [2.24, 2.45) is 13.0 Å². The van der Waals surface area contributed by atoms with E-state index in [0.29, 0.717) is 11.5 Å². The van der Waals surface area contributed by atoms with Crippen LogP contribution in [0.15, 0.2) is 58.4 Å². The molecule has 0 aliphatic heterocycles. The van der Waals surface area contributed by atoms with Gasteiger partial charge in [0.2, 0.25) is 5.75 Å². The molecule has 5 rings (SSSR count). The first-order valence-electron chi connectivity index (χ1n) is 11.9. The van der Waals surface area contributed by atoms with Crippen LogP contribution in [0.5, 0.6) is 5.75 Å². The summed E-state index contributed by atoms with van der Waals surface area (Å²) >= 11 is 0. The molecule has 0 saturated heterocycles. The molecule has 1 amide bonds. The fourth-order valence-corrected chi connectivity index (χ4v) is 4.59. The standard InChI is InChI=1S/C26H25N7O4/c1-15(24-31-22(23(34)26(36)32(24)2)25(35)30-19-11-29-37-14-19)21(20-6-4-3-5-17(20)9-27)18-10-28-33(13-18)12-16-7-8-16/h3-6,10-11,13-16,21,34H,7-8,12H2,1-2H3,(H,30,35)/t15-,21-/m1/s1. The first kappa shape index (κ1) is 24.0. The molecule has 2 atom stereocenters. The van der Waals surface area contributed by atoms with Crippen molar-refractivity contribution in [3.63, 3.8) is 0 Å². The van der Waals surface area contributed by atoms with E-state index in [2.05, 4.69) is 26.6 Å². The zero-order valence-corrected chi connectivity index (χ0v) is 20.3. The minimum atomic E-state index is -0.780. The zero-order valence-electron chi connectivity index (χ0n) is 20.3. The van der Waals surface area contributed by atoms with Crippen LogP contribution in [0.4, 0.5) is 5.69 Å². The highest BCUT2D eigenvalue weighted by atomic mass is 16.5. The molecule has 0 spiro atoms. The average Bonchev–Trinajstić information content (AvgIpc) is 3.34. The Kier molecular flexibility index (Phi) is 6.31. The van der Waals surface area contributed by atoms with Gasteiger partial charge in [-0.15, -0.1) is 0 Å². The van der Waals surface area contributed by atoms with Crippen molar-refractivity contribution in [1.82, 2.24) is 24.5 Å². The molecule has 0 unspecified atom stereocenters. The fraction of sp³-hybridized carbons (Fsp3) is 0.308. The molecule has 188 valence electrons. The van der Waals surface area contributed by atoms with Crippen molar-refractivity contribution < 1.29 is 14.4 Å². The third-order valence-corrected chi connectivity index (χ3v) is 6.68. The van der Waals surface area contributed by atoms with E-state index >= 15 is 0 Å². The van der Waals surface area contributed by atoms with Gasteiger partial charge in [0.25, 0.3) is 11.5 Å². The number of nitriles is 1. The lowest BCUT2D eigenvalue weighted by Crippen LogP contribution is -2.29. The average molecular weight is 500 g/mol. The third kappa shape index (κ3) is 4.73. The zero-order chi connectivity index (χ0) is 26.1. The van der Waals surface area contributed by atoms with E-state index in [-0.39, 0.29) is 11.5 Å². The summed E-state index contributed by atoms with van der Waals surface area (Å²) in [6.07, 6.45) is 8.61. The summed E-state index contributed by atoms with van der Waals surface area (Å²) in [5, 5.41) is 30.9. The van der Waals surface area contributed by atoms with E-state index in [1.807, 2.05) is 29.9 Å². The molecule has 2 N–H and O–H groups in total. The van der Waals surface area contributed by atoms with Gasteiger partial charge >= 0.3 is 0 Å². The van der Waals surface area contributed by atoms with E-state index in [4.69, 9.17) is 4.52 Å². The second kappa shape index (κ2) is 9.73. The summed E-state index contributed by atoms with van der Waals surface area (Å²) in [6, 6.07) is 9.51. The fourth-order valence-electron chi connectivity index (χ4n) is 4.59. The molecule has 1 aromatic carbocycles. The van der Waals surface area contributed by atoms with Gasteiger partial charge in [-0.1, -0.05) is 30.3 Å². The Morgan fingerprint density at radius 2 is 2.11 bits per heavy atom. The predicted octanol–water partition coefficient (Wildman–Crippen LogP) is 3.14. The van der Waals surface area contributed by atoms with Crippen molar-refractivity contribution in [3.8, 4) is 11.8 Å². The van der Waals surface area contributed by atoms with Gasteiger partial charge in [0.05, 0.1) is 24.0 Å². The molecule has 11 nitrogen and oxygen atoms in total. The van der Waals surface area contributed by atoms with E-state index in [1.54, 1.807) is 18.3 Å². The van der Waals surface area contributed by atoms with E-state index in [0.717, 1.165) is 17.7 Å². The number of carbonyl (C=O) groups excluding carboxylic acids is 1. The Morgan fingerprint density at radius 3 is 2.81 bits per heavy atom. The second-order valence-electron chi connectivity index (χ2n) is 9.30. The number of nitrogens with one attached hydrogen (secondary N) is 1. The third-order valence-electron chi connectivity index (χ3n) is 6.68. The van der Waals surface area contributed by atoms with Crippen molar-refractivity contribution >= 4 is 11.6 Å². The molecular weight excluding hydrogens is 474 g/mol. The maximum absolute atomic E-state index is 13.0. The second-order valence-corrected chi connectivity index (χ2v) is 9.30. The quantitative estimate of drug-likeness (QED) is 0.375. The minimum Gasteiger partial charge on any atom is -0.501 e. The summed E-state index contributed by atoms with van der Waals surface area (Å²) in [7, 11) is 1.49. The number of anilines is 1. The maximum atomic E-state index is 13.0. The first-order chi connectivity index (χ1) is 17.9. The molecule has 0 bridgehead atoms. The highest BCUT2D eigenvalue weighted by molar-refractivity contribution is 6.04. The van der Waals surface area contributed by atoms with Crippen molar-refractivity contribution in [1.29, 1.82) is 5.26 Å². The van der Waals surface area contributed by atoms with E-state index < -0.39 is 34.7 Å². The number of rotatable bonds is 8.